The van der Waals surface area contributed by atoms with E-state index in [4.69, 9.17) is 4.74 Å². The lowest BCUT2D eigenvalue weighted by atomic mass is 10.1. The smallest absolute Gasteiger partial charge is 0.261 e. The summed E-state index contributed by atoms with van der Waals surface area (Å²) in [7, 11) is 0. The van der Waals surface area contributed by atoms with E-state index < -0.39 is 0 Å². The molecule has 1 aromatic heterocycles. The van der Waals surface area contributed by atoms with Gasteiger partial charge in [-0.05, 0) is 24.3 Å². The van der Waals surface area contributed by atoms with Gasteiger partial charge in [-0.3, -0.25) is 24.4 Å². The van der Waals surface area contributed by atoms with E-state index in [0.29, 0.717) is 11.1 Å². The predicted molar refractivity (Wildman–Crippen MR) is 91.0 cm³/mol. The van der Waals surface area contributed by atoms with E-state index in [-0.39, 0.29) is 18.4 Å². The van der Waals surface area contributed by atoms with Crippen LogP contribution in [0, 0.1) is 0 Å². The van der Waals surface area contributed by atoms with E-state index >= 15 is 0 Å². The summed E-state index contributed by atoms with van der Waals surface area (Å²) in [6.07, 6.45) is 0. The van der Waals surface area contributed by atoms with Crippen molar-refractivity contribution in [2.45, 2.75) is 13.1 Å². The van der Waals surface area contributed by atoms with Gasteiger partial charge in [0.1, 0.15) is 0 Å². The van der Waals surface area contributed by atoms with E-state index in [1.54, 1.807) is 24.3 Å². The Kier molecular flexibility index (Phi) is 4.29. The highest BCUT2D eigenvalue weighted by Crippen LogP contribution is 2.23. The minimum Gasteiger partial charge on any atom is -0.379 e. The molecule has 25 heavy (non-hydrogen) atoms. The second kappa shape index (κ2) is 6.74. The van der Waals surface area contributed by atoms with Crippen LogP contribution >= 0.6 is 0 Å². The number of morpholine rings is 1. The number of carbonyl (C=O) groups is 2. The first-order valence-corrected chi connectivity index (χ1v) is 8.42. The van der Waals surface area contributed by atoms with E-state index in [1.807, 2.05) is 18.2 Å². The van der Waals surface area contributed by atoms with Crippen LogP contribution in [-0.2, 0) is 17.8 Å². The fraction of sp³-hybridized carbons (Fsp3) is 0.316. The summed E-state index contributed by atoms with van der Waals surface area (Å²) in [6, 6.07) is 12.7. The number of rotatable bonds is 4. The second-order valence-corrected chi connectivity index (χ2v) is 6.25. The minimum atomic E-state index is -0.249. The van der Waals surface area contributed by atoms with Crippen molar-refractivity contribution < 1.29 is 14.3 Å². The van der Waals surface area contributed by atoms with Crippen molar-refractivity contribution in [3.8, 4) is 0 Å². The van der Waals surface area contributed by atoms with Crippen molar-refractivity contribution in [1.29, 1.82) is 0 Å². The van der Waals surface area contributed by atoms with Crippen molar-refractivity contribution >= 4 is 11.8 Å². The highest BCUT2D eigenvalue weighted by molar-refractivity contribution is 6.21. The Morgan fingerprint density at radius 1 is 0.840 bits per heavy atom. The molecule has 0 aliphatic carbocycles. The van der Waals surface area contributed by atoms with Crippen LogP contribution in [0.1, 0.15) is 32.1 Å². The molecule has 1 fully saturated rings. The van der Waals surface area contributed by atoms with E-state index in [0.717, 1.165) is 44.2 Å². The molecule has 4 rings (SSSR count). The van der Waals surface area contributed by atoms with E-state index in [2.05, 4.69) is 9.88 Å². The van der Waals surface area contributed by atoms with Gasteiger partial charge in [0.25, 0.3) is 11.8 Å². The molecule has 0 radical (unpaired) electrons. The SMILES string of the molecule is O=C1c2ccccc2C(=O)N1Cc1cccc(CN2CCOCC2)n1. The summed E-state index contributed by atoms with van der Waals surface area (Å²) in [4.78, 5) is 33.1. The lowest BCUT2D eigenvalue weighted by Gasteiger charge is -2.26. The molecule has 0 N–H and O–H groups in total. The van der Waals surface area contributed by atoms with Crippen LogP contribution in [0.3, 0.4) is 0 Å². The van der Waals surface area contributed by atoms with Gasteiger partial charge in [-0.25, -0.2) is 0 Å². The number of aromatic nitrogens is 1. The highest BCUT2D eigenvalue weighted by Gasteiger charge is 2.35. The molecule has 3 heterocycles. The Balaban J connectivity index is 1.49. The van der Waals surface area contributed by atoms with E-state index in [1.165, 1.54) is 4.90 Å². The van der Waals surface area contributed by atoms with Gasteiger partial charge in [0.15, 0.2) is 0 Å². The molecule has 2 amide bonds. The number of pyridine rings is 1. The number of hydrogen-bond acceptors (Lipinski definition) is 5. The molecule has 1 aromatic carbocycles. The topological polar surface area (TPSA) is 62.7 Å². The first-order valence-electron chi connectivity index (χ1n) is 8.42. The van der Waals surface area contributed by atoms with Gasteiger partial charge in [-0.1, -0.05) is 18.2 Å². The van der Waals surface area contributed by atoms with Crippen LogP contribution in [0.25, 0.3) is 0 Å². The Morgan fingerprint density at radius 3 is 2.08 bits per heavy atom. The Labute approximate surface area is 146 Å². The first kappa shape index (κ1) is 15.9. The van der Waals surface area contributed by atoms with Crippen LogP contribution in [0.15, 0.2) is 42.5 Å². The standard InChI is InChI=1S/C19H19N3O3/c23-18-16-6-1-2-7-17(16)19(24)22(18)13-15-5-3-4-14(20-15)12-21-8-10-25-11-9-21/h1-7H,8-13H2. The van der Waals surface area contributed by atoms with Crippen LogP contribution < -0.4 is 0 Å². The predicted octanol–water partition coefficient (Wildman–Crippen LogP) is 1.71. The number of hydrogen-bond donors (Lipinski definition) is 0. The maximum Gasteiger partial charge on any atom is 0.261 e. The summed E-state index contributed by atoms with van der Waals surface area (Å²) >= 11 is 0. The zero-order valence-electron chi connectivity index (χ0n) is 13.9. The molecule has 0 unspecified atom stereocenters. The average Bonchev–Trinajstić information content (AvgIpc) is 2.88. The summed E-state index contributed by atoms with van der Waals surface area (Å²) in [5.74, 6) is -0.498. The summed E-state index contributed by atoms with van der Waals surface area (Å²) in [5.41, 5.74) is 2.60. The van der Waals surface area contributed by atoms with Crippen LogP contribution in [0.2, 0.25) is 0 Å². The maximum absolute atomic E-state index is 12.5. The van der Waals surface area contributed by atoms with Crippen molar-refractivity contribution in [3.63, 3.8) is 0 Å². The van der Waals surface area contributed by atoms with Gasteiger partial charge in [0.05, 0.1) is 42.3 Å². The second-order valence-electron chi connectivity index (χ2n) is 6.25. The number of ether oxygens (including phenoxy) is 1. The molecule has 0 spiro atoms. The van der Waals surface area contributed by atoms with Gasteiger partial charge in [-0.15, -0.1) is 0 Å². The Morgan fingerprint density at radius 2 is 1.44 bits per heavy atom. The molecule has 6 heteroatoms. The molecule has 1 saturated heterocycles. The van der Waals surface area contributed by atoms with Crippen molar-refractivity contribution in [1.82, 2.24) is 14.8 Å². The maximum atomic E-state index is 12.5. The minimum absolute atomic E-state index is 0.198. The van der Waals surface area contributed by atoms with E-state index in [9.17, 15) is 9.59 Å². The molecule has 2 aliphatic heterocycles. The molecule has 0 atom stereocenters. The van der Waals surface area contributed by atoms with Crippen LogP contribution in [-0.4, -0.2) is 52.9 Å². The Hall–Kier alpha value is -2.57. The third kappa shape index (κ3) is 3.18. The quantitative estimate of drug-likeness (QED) is 0.795. The number of imide groups is 1. The summed E-state index contributed by atoms with van der Waals surface area (Å²) in [6.45, 7) is 4.22. The van der Waals surface area contributed by atoms with Crippen molar-refractivity contribution in [2.24, 2.45) is 0 Å². The van der Waals surface area contributed by atoms with Crippen molar-refractivity contribution in [2.75, 3.05) is 26.3 Å². The number of fused-ring (bicyclic) bond motifs is 1. The zero-order valence-corrected chi connectivity index (χ0v) is 13.9. The number of amides is 2. The molecule has 0 bridgehead atoms. The highest BCUT2D eigenvalue weighted by atomic mass is 16.5. The fourth-order valence-electron chi connectivity index (χ4n) is 3.24. The largest absolute Gasteiger partial charge is 0.379 e. The summed E-state index contributed by atoms with van der Waals surface area (Å²) < 4.78 is 5.36. The van der Waals surface area contributed by atoms with Gasteiger partial charge < -0.3 is 4.74 Å². The van der Waals surface area contributed by atoms with Gasteiger partial charge >= 0.3 is 0 Å². The fourth-order valence-corrected chi connectivity index (χ4v) is 3.24. The van der Waals surface area contributed by atoms with Crippen LogP contribution in [0.4, 0.5) is 0 Å². The molecule has 0 saturated carbocycles. The normalized spacial score (nSPS) is 17.8. The van der Waals surface area contributed by atoms with Gasteiger partial charge in [0, 0.05) is 19.6 Å². The Bertz CT molecular complexity index is 780. The van der Waals surface area contributed by atoms with Gasteiger partial charge in [-0.2, -0.15) is 0 Å². The number of nitrogens with zero attached hydrogens (tertiary/aromatic N) is 3. The molecule has 128 valence electrons. The number of carbonyl (C=O) groups excluding carboxylic acids is 2. The molecular weight excluding hydrogens is 318 g/mol. The molecule has 6 nitrogen and oxygen atoms in total. The van der Waals surface area contributed by atoms with Gasteiger partial charge in [0.2, 0.25) is 0 Å². The number of benzene rings is 1. The third-order valence-corrected chi connectivity index (χ3v) is 4.55. The lowest BCUT2D eigenvalue weighted by Crippen LogP contribution is -2.36. The zero-order chi connectivity index (χ0) is 17.2. The summed E-state index contributed by atoms with van der Waals surface area (Å²) in [5, 5.41) is 0. The molecule has 2 aliphatic rings. The third-order valence-electron chi connectivity index (χ3n) is 4.55. The molecule has 2 aromatic rings. The first-order chi connectivity index (χ1) is 12.2. The van der Waals surface area contributed by atoms with Crippen LogP contribution in [0.5, 0.6) is 0 Å². The molecular formula is C19H19N3O3. The average molecular weight is 337 g/mol. The monoisotopic (exact) mass is 337 g/mol. The lowest BCUT2D eigenvalue weighted by molar-refractivity contribution is 0.0336. The van der Waals surface area contributed by atoms with Crippen molar-refractivity contribution in [3.05, 3.63) is 65.0 Å².